The molecule has 56 heavy (non-hydrogen) atoms. The molecule has 0 saturated carbocycles. The van der Waals surface area contributed by atoms with Gasteiger partial charge in [0.15, 0.2) is 75.8 Å². The number of fused-ring (bicyclic) bond motifs is 4. The highest BCUT2D eigenvalue weighted by molar-refractivity contribution is 6.08. The Labute approximate surface area is 310 Å². The first-order valence-corrected chi connectivity index (χ1v) is 15.8. The second-order valence-corrected chi connectivity index (χ2v) is 12.3. The minimum absolute atomic E-state index is 0.509. The van der Waals surface area contributed by atoms with Crippen molar-refractivity contribution in [1.82, 2.24) is 0 Å². The number of cyclic esters (lactones) is 1. The van der Waals surface area contributed by atoms with E-state index >= 15 is 0 Å². The van der Waals surface area contributed by atoms with E-state index in [-0.39, 0.29) is 0 Å². The van der Waals surface area contributed by atoms with E-state index in [1.165, 1.54) is 6.92 Å². The third kappa shape index (κ3) is 6.46. The van der Waals surface area contributed by atoms with Crippen LogP contribution in [0.5, 0.6) is 69.0 Å². The van der Waals surface area contributed by atoms with Crippen LogP contribution >= 0.6 is 0 Å². The van der Waals surface area contributed by atoms with E-state index in [1.807, 2.05) is 0 Å². The van der Waals surface area contributed by atoms with E-state index in [4.69, 9.17) is 23.7 Å². The number of hydrogen-bond acceptors (Lipinski definition) is 21. The summed E-state index contributed by atoms with van der Waals surface area (Å²) in [7, 11) is 0. The first-order valence-electron chi connectivity index (χ1n) is 15.8. The standard InChI is InChI=1S/C35H28O21/c1-9-29(54-32(48)10-2-14(36)23(42)15(37)3-10)31(56-33(49)11-4-16(38)24(43)17(39)5-11)30-20(53-9)8-52-34(50)12-6-18(40)25(44)27(46)21(12)22-13(35(51)55-30)7-19(41)26(45)28(22)47/h2-7,9,20,29-31,36-47H,8H2,1H3/t9-,20?,29?,30+,31+/m0/s1. The van der Waals surface area contributed by atoms with Crippen molar-refractivity contribution in [3.63, 3.8) is 0 Å². The normalized spacial score (nSPS) is 20.6. The highest BCUT2D eigenvalue weighted by Crippen LogP contribution is 2.53. The topological polar surface area (TPSA) is 357 Å². The van der Waals surface area contributed by atoms with Crippen LogP contribution < -0.4 is 0 Å². The highest BCUT2D eigenvalue weighted by atomic mass is 16.7. The van der Waals surface area contributed by atoms with Gasteiger partial charge in [0.25, 0.3) is 0 Å². The zero-order chi connectivity index (χ0) is 41.1. The molecule has 2 aliphatic rings. The molecule has 0 bridgehead atoms. The quantitative estimate of drug-likeness (QED) is 0.0796. The molecule has 2 aliphatic heterocycles. The fourth-order valence-electron chi connectivity index (χ4n) is 6.04. The predicted molar refractivity (Wildman–Crippen MR) is 177 cm³/mol. The molecular weight excluding hydrogens is 756 g/mol. The van der Waals surface area contributed by atoms with Gasteiger partial charge in [-0.05, 0) is 43.3 Å². The fourth-order valence-corrected chi connectivity index (χ4v) is 6.04. The van der Waals surface area contributed by atoms with Gasteiger partial charge in [0.2, 0.25) is 11.5 Å². The van der Waals surface area contributed by atoms with Gasteiger partial charge >= 0.3 is 23.9 Å². The zero-order valence-electron chi connectivity index (χ0n) is 28.1. The molecule has 0 aliphatic carbocycles. The monoisotopic (exact) mass is 784 g/mol. The molecule has 6 rings (SSSR count). The summed E-state index contributed by atoms with van der Waals surface area (Å²) in [4.78, 5) is 54.6. The molecule has 2 heterocycles. The summed E-state index contributed by atoms with van der Waals surface area (Å²) in [6, 6.07) is 3.79. The molecule has 21 nitrogen and oxygen atoms in total. The number of hydrogen-bond donors (Lipinski definition) is 12. The Morgan fingerprint density at radius 2 is 0.946 bits per heavy atom. The number of aromatic hydroxyl groups is 12. The molecule has 1 saturated heterocycles. The van der Waals surface area contributed by atoms with Crippen molar-refractivity contribution in [2.24, 2.45) is 0 Å². The van der Waals surface area contributed by atoms with E-state index in [1.54, 1.807) is 0 Å². The maximum atomic E-state index is 14.1. The van der Waals surface area contributed by atoms with Crippen LogP contribution in [0, 0.1) is 0 Å². The van der Waals surface area contributed by atoms with Gasteiger partial charge in [0, 0.05) is 11.1 Å². The average Bonchev–Trinajstić information content (AvgIpc) is 3.16. The summed E-state index contributed by atoms with van der Waals surface area (Å²) < 4.78 is 28.1. The number of benzene rings is 4. The Kier molecular flexibility index (Phi) is 9.48. The number of carbonyl (C=O) groups excluding carboxylic acids is 4. The molecule has 21 heteroatoms. The van der Waals surface area contributed by atoms with Crippen LogP contribution in [0.4, 0.5) is 0 Å². The molecule has 5 atom stereocenters. The van der Waals surface area contributed by atoms with Crippen LogP contribution in [0.1, 0.15) is 48.4 Å². The maximum absolute atomic E-state index is 14.1. The van der Waals surface area contributed by atoms with E-state index in [0.717, 1.165) is 0 Å². The van der Waals surface area contributed by atoms with E-state index < -0.39 is 163 Å². The van der Waals surface area contributed by atoms with E-state index in [2.05, 4.69) is 0 Å². The summed E-state index contributed by atoms with van der Waals surface area (Å²) in [5, 5.41) is 123. The summed E-state index contributed by atoms with van der Waals surface area (Å²) in [5.41, 5.74) is -4.87. The lowest BCUT2D eigenvalue weighted by Gasteiger charge is -2.43. The lowest BCUT2D eigenvalue weighted by molar-refractivity contribution is -0.224. The molecule has 0 amide bonds. The molecule has 0 aromatic heterocycles. The molecule has 2 unspecified atom stereocenters. The van der Waals surface area contributed by atoms with Gasteiger partial charge in [-0.25, -0.2) is 19.2 Å². The summed E-state index contributed by atoms with van der Waals surface area (Å²) >= 11 is 0. The minimum Gasteiger partial charge on any atom is -0.504 e. The Morgan fingerprint density at radius 1 is 0.554 bits per heavy atom. The van der Waals surface area contributed by atoms with E-state index in [9.17, 15) is 80.5 Å². The van der Waals surface area contributed by atoms with Crippen molar-refractivity contribution in [3.05, 3.63) is 58.7 Å². The molecule has 1 fully saturated rings. The minimum atomic E-state index is -2.06. The summed E-state index contributed by atoms with van der Waals surface area (Å²) in [6.07, 6.45) is -9.10. The third-order valence-electron chi connectivity index (χ3n) is 8.78. The molecule has 0 spiro atoms. The van der Waals surface area contributed by atoms with Gasteiger partial charge in [-0.1, -0.05) is 0 Å². The number of phenolic OH excluding ortho intramolecular Hbond substituents is 12. The van der Waals surface area contributed by atoms with Gasteiger partial charge < -0.3 is 85.0 Å². The molecule has 0 radical (unpaired) electrons. The fraction of sp³-hybridized carbons (Fsp3) is 0.200. The van der Waals surface area contributed by atoms with Crippen LogP contribution in [0.15, 0.2) is 36.4 Å². The van der Waals surface area contributed by atoms with Crippen molar-refractivity contribution in [3.8, 4) is 80.1 Å². The van der Waals surface area contributed by atoms with Crippen LogP contribution in [-0.2, 0) is 23.7 Å². The van der Waals surface area contributed by atoms with Crippen molar-refractivity contribution in [2.75, 3.05) is 6.61 Å². The summed E-state index contributed by atoms with van der Waals surface area (Å²) in [5.74, 6) is -19.2. The SMILES string of the molecule is C[C@@H]1OC2COC(=O)c3cc(O)c(O)c(O)c3-c3c(cc(O)c(O)c3O)C(=O)O[C@H]2[C@H](OC(=O)c2cc(O)c(O)c(O)c2)C1OC(=O)c1cc(O)c(O)c(O)c1. The lowest BCUT2D eigenvalue weighted by Crippen LogP contribution is -2.61. The van der Waals surface area contributed by atoms with Crippen molar-refractivity contribution in [1.29, 1.82) is 0 Å². The van der Waals surface area contributed by atoms with Gasteiger partial charge in [0.1, 0.15) is 12.7 Å². The van der Waals surface area contributed by atoms with Gasteiger partial charge in [-0.15, -0.1) is 0 Å². The molecular formula is C35H28O21. The molecule has 294 valence electrons. The Morgan fingerprint density at radius 3 is 1.39 bits per heavy atom. The number of ether oxygens (including phenoxy) is 5. The summed E-state index contributed by atoms with van der Waals surface area (Å²) in [6.45, 7) is 0.313. The molecule has 4 aromatic carbocycles. The van der Waals surface area contributed by atoms with Gasteiger partial charge in [-0.3, -0.25) is 0 Å². The smallest absolute Gasteiger partial charge is 0.339 e. The van der Waals surface area contributed by atoms with Crippen LogP contribution in [-0.4, -0.2) is 122 Å². The maximum Gasteiger partial charge on any atom is 0.339 e. The number of rotatable bonds is 4. The highest BCUT2D eigenvalue weighted by Gasteiger charge is 2.52. The first-order chi connectivity index (χ1) is 26.3. The van der Waals surface area contributed by atoms with Crippen LogP contribution in [0.3, 0.4) is 0 Å². The van der Waals surface area contributed by atoms with E-state index in [0.29, 0.717) is 36.4 Å². The van der Waals surface area contributed by atoms with Crippen molar-refractivity contribution in [2.45, 2.75) is 37.4 Å². The Hall–Kier alpha value is -7.68. The number of carbonyl (C=O) groups is 4. The average molecular weight is 785 g/mol. The largest absolute Gasteiger partial charge is 0.504 e. The van der Waals surface area contributed by atoms with Gasteiger partial charge in [-0.2, -0.15) is 0 Å². The van der Waals surface area contributed by atoms with Gasteiger partial charge in [0.05, 0.1) is 28.4 Å². The first kappa shape index (κ1) is 38.1. The zero-order valence-corrected chi connectivity index (χ0v) is 28.1. The molecule has 12 N–H and O–H groups in total. The predicted octanol–water partition coefficient (Wildman–Crippen LogP) is 1.76. The Balaban J connectivity index is 1.51. The third-order valence-corrected chi connectivity index (χ3v) is 8.78. The van der Waals surface area contributed by atoms with Crippen LogP contribution in [0.2, 0.25) is 0 Å². The van der Waals surface area contributed by atoms with Crippen LogP contribution in [0.25, 0.3) is 11.1 Å². The lowest BCUT2D eigenvalue weighted by atomic mass is 9.91. The second kappa shape index (κ2) is 13.9. The Bertz CT molecular complexity index is 2290. The molecule has 4 aromatic rings. The van der Waals surface area contributed by atoms with Crippen molar-refractivity contribution < 1.29 is 104 Å². The second-order valence-electron chi connectivity index (χ2n) is 12.3. The van der Waals surface area contributed by atoms with Crippen molar-refractivity contribution >= 4 is 23.9 Å². The number of phenols is 12. The number of esters is 4.